The topological polar surface area (TPSA) is 65.2 Å². The SMILES string of the molecule is Cc1nn(C)c(-n2cccn2)c1C(=O)N1CCCc2c(OC(F)F)cccc21. The lowest BCUT2D eigenvalue weighted by Crippen LogP contribution is -2.36. The van der Waals surface area contributed by atoms with E-state index >= 15 is 0 Å². The van der Waals surface area contributed by atoms with E-state index in [1.807, 2.05) is 0 Å². The monoisotopic (exact) mass is 387 g/mol. The van der Waals surface area contributed by atoms with Gasteiger partial charge < -0.3 is 9.64 Å². The number of ether oxygens (including phenoxy) is 1. The molecule has 9 heteroatoms. The fraction of sp³-hybridized carbons (Fsp3) is 0.316. The highest BCUT2D eigenvalue weighted by Gasteiger charge is 2.31. The summed E-state index contributed by atoms with van der Waals surface area (Å²) in [6.07, 6.45) is 4.59. The minimum atomic E-state index is -2.91. The second-order valence-electron chi connectivity index (χ2n) is 6.55. The number of nitrogens with zero attached hydrogens (tertiary/aromatic N) is 5. The Balaban J connectivity index is 1.78. The number of amides is 1. The molecule has 0 unspecified atom stereocenters. The van der Waals surface area contributed by atoms with Crippen molar-refractivity contribution < 1.29 is 18.3 Å². The normalized spacial score (nSPS) is 13.7. The molecule has 3 heterocycles. The molecule has 146 valence electrons. The van der Waals surface area contributed by atoms with E-state index in [2.05, 4.69) is 14.9 Å². The van der Waals surface area contributed by atoms with Gasteiger partial charge in [0.05, 0.1) is 11.4 Å². The standard InChI is InChI=1S/C19H19F2N5O2/c1-12-16(17(24(2)23-12)26-11-5-9-22-26)18(27)25-10-4-6-13-14(25)7-3-8-15(13)28-19(20)21/h3,5,7-9,11,19H,4,6,10H2,1-2H3. The van der Waals surface area contributed by atoms with E-state index in [-0.39, 0.29) is 11.7 Å². The highest BCUT2D eigenvalue weighted by atomic mass is 19.3. The van der Waals surface area contributed by atoms with Crippen LogP contribution in [0.15, 0.2) is 36.7 Å². The van der Waals surface area contributed by atoms with Gasteiger partial charge in [-0.1, -0.05) is 6.07 Å². The van der Waals surface area contributed by atoms with Gasteiger partial charge in [0.2, 0.25) is 0 Å². The van der Waals surface area contributed by atoms with Crippen LogP contribution in [0.25, 0.3) is 5.82 Å². The predicted octanol–water partition coefficient (Wildman–Crippen LogP) is 3.11. The maximum Gasteiger partial charge on any atom is 0.387 e. The van der Waals surface area contributed by atoms with Crippen LogP contribution in [0.2, 0.25) is 0 Å². The van der Waals surface area contributed by atoms with Crippen molar-refractivity contribution in [2.24, 2.45) is 7.05 Å². The summed E-state index contributed by atoms with van der Waals surface area (Å²) in [5.74, 6) is 0.422. The zero-order valence-electron chi connectivity index (χ0n) is 15.5. The summed E-state index contributed by atoms with van der Waals surface area (Å²) >= 11 is 0. The summed E-state index contributed by atoms with van der Waals surface area (Å²) in [6.45, 7) is -0.664. The van der Waals surface area contributed by atoms with Gasteiger partial charge in [-0.25, -0.2) is 9.36 Å². The van der Waals surface area contributed by atoms with Crippen LogP contribution >= 0.6 is 0 Å². The first-order valence-electron chi connectivity index (χ1n) is 8.89. The van der Waals surface area contributed by atoms with Crippen LogP contribution in [0.1, 0.15) is 28.0 Å². The van der Waals surface area contributed by atoms with Gasteiger partial charge in [0, 0.05) is 31.5 Å². The fourth-order valence-electron chi connectivity index (χ4n) is 3.70. The lowest BCUT2D eigenvalue weighted by atomic mass is 9.99. The first kappa shape index (κ1) is 18.1. The average Bonchev–Trinajstić information content (AvgIpc) is 3.27. The van der Waals surface area contributed by atoms with Crippen molar-refractivity contribution in [1.82, 2.24) is 19.6 Å². The second-order valence-corrected chi connectivity index (χ2v) is 6.55. The highest BCUT2D eigenvalue weighted by Crippen LogP contribution is 2.36. The lowest BCUT2D eigenvalue weighted by molar-refractivity contribution is -0.0504. The van der Waals surface area contributed by atoms with Gasteiger partial charge in [0.25, 0.3) is 5.91 Å². The van der Waals surface area contributed by atoms with Crippen LogP contribution in [0.4, 0.5) is 14.5 Å². The highest BCUT2D eigenvalue weighted by molar-refractivity contribution is 6.09. The molecule has 0 radical (unpaired) electrons. The molecule has 0 fully saturated rings. The molecule has 3 aromatic rings. The number of alkyl halides is 2. The Morgan fingerprint density at radius 1 is 1.29 bits per heavy atom. The van der Waals surface area contributed by atoms with Crippen LogP contribution in [-0.4, -0.2) is 38.6 Å². The Hall–Kier alpha value is -3.23. The molecule has 0 saturated heterocycles. The molecule has 0 bridgehead atoms. The maximum absolute atomic E-state index is 13.5. The third-order valence-corrected chi connectivity index (χ3v) is 4.80. The van der Waals surface area contributed by atoms with Crippen molar-refractivity contribution in [3.05, 3.63) is 53.5 Å². The average molecular weight is 387 g/mol. The number of fused-ring (bicyclic) bond motifs is 1. The zero-order valence-corrected chi connectivity index (χ0v) is 15.5. The van der Waals surface area contributed by atoms with Crippen molar-refractivity contribution >= 4 is 11.6 Å². The van der Waals surface area contributed by atoms with E-state index in [1.165, 1.54) is 6.07 Å². The van der Waals surface area contributed by atoms with E-state index in [1.54, 1.807) is 58.8 Å². The summed E-state index contributed by atoms with van der Waals surface area (Å²) < 4.78 is 33.4. The molecule has 1 aliphatic heterocycles. The first-order valence-corrected chi connectivity index (χ1v) is 8.89. The molecule has 0 saturated carbocycles. The Morgan fingerprint density at radius 2 is 2.11 bits per heavy atom. The lowest BCUT2D eigenvalue weighted by Gasteiger charge is -2.30. The van der Waals surface area contributed by atoms with Crippen LogP contribution in [0, 0.1) is 6.92 Å². The van der Waals surface area contributed by atoms with Gasteiger partial charge in [-0.15, -0.1) is 0 Å². The molecule has 2 aromatic heterocycles. The minimum absolute atomic E-state index is 0.111. The number of aromatic nitrogens is 4. The van der Waals surface area contributed by atoms with E-state index in [0.717, 1.165) is 0 Å². The largest absolute Gasteiger partial charge is 0.434 e. The van der Waals surface area contributed by atoms with Gasteiger partial charge in [-0.05, 0) is 38.0 Å². The number of benzene rings is 1. The van der Waals surface area contributed by atoms with Crippen LogP contribution in [0.5, 0.6) is 5.75 Å². The summed E-state index contributed by atoms with van der Waals surface area (Å²) in [5, 5.41) is 8.60. The number of halogens is 2. The van der Waals surface area contributed by atoms with Crippen molar-refractivity contribution in [3.8, 4) is 11.6 Å². The molecular weight excluding hydrogens is 368 g/mol. The Bertz CT molecular complexity index is 1010. The maximum atomic E-state index is 13.5. The molecule has 1 aromatic carbocycles. The van der Waals surface area contributed by atoms with Crippen molar-refractivity contribution in [2.75, 3.05) is 11.4 Å². The zero-order chi connectivity index (χ0) is 19.8. The summed E-state index contributed by atoms with van der Waals surface area (Å²) in [6, 6.07) is 6.64. The molecule has 0 aliphatic carbocycles. The number of carbonyl (C=O) groups is 1. The van der Waals surface area contributed by atoms with Gasteiger partial charge in [-0.3, -0.25) is 4.79 Å². The number of anilines is 1. The third-order valence-electron chi connectivity index (χ3n) is 4.80. The molecule has 0 N–H and O–H groups in total. The number of carbonyl (C=O) groups excluding carboxylic acids is 1. The molecule has 0 spiro atoms. The summed E-state index contributed by atoms with van der Waals surface area (Å²) in [7, 11) is 1.75. The Morgan fingerprint density at radius 3 is 2.82 bits per heavy atom. The molecule has 4 rings (SSSR count). The smallest absolute Gasteiger partial charge is 0.387 e. The van der Waals surface area contributed by atoms with E-state index in [4.69, 9.17) is 0 Å². The van der Waals surface area contributed by atoms with Gasteiger partial charge in [0.1, 0.15) is 11.3 Å². The van der Waals surface area contributed by atoms with E-state index in [0.29, 0.717) is 47.7 Å². The van der Waals surface area contributed by atoms with E-state index < -0.39 is 6.61 Å². The minimum Gasteiger partial charge on any atom is -0.434 e. The van der Waals surface area contributed by atoms with E-state index in [9.17, 15) is 13.6 Å². The predicted molar refractivity (Wildman–Crippen MR) is 98.1 cm³/mol. The molecule has 1 amide bonds. The summed E-state index contributed by atoms with van der Waals surface area (Å²) in [5.41, 5.74) is 2.21. The summed E-state index contributed by atoms with van der Waals surface area (Å²) in [4.78, 5) is 15.1. The van der Waals surface area contributed by atoms with Crippen molar-refractivity contribution in [2.45, 2.75) is 26.4 Å². The van der Waals surface area contributed by atoms with Crippen LogP contribution < -0.4 is 9.64 Å². The van der Waals surface area contributed by atoms with Crippen molar-refractivity contribution in [1.29, 1.82) is 0 Å². The molecule has 7 nitrogen and oxygen atoms in total. The molecule has 0 atom stereocenters. The fourth-order valence-corrected chi connectivity index (χ4v) is 3.70. The molecule has 28 heavy (non-hydrogen) atoms. The van der Waals surface area contributed by atoms with Gasteiger partial charge in [0.15, 0.2) is 5.82 Å². The van der Waals surface area contributed by atoms with Gasteiger partial charge >= 0.3 is 6.61 Å². The number of rotatable bonds is 4. The molecule has 1 aliphatic rings. The quantitative estimate of drug-likeness (QED) is 0.690. The third kappa shape index (κ3) is 3.02. The first-order chi connectivity index (χ1) is 13.5. The van der Waals surface area contributed by atoms with Crippen molar-refractivity contribution in [3.63, 3.8) is 0 Å². The Kier molecular flexibility index (Phi) is 4.58. The number of hydrogen-bond acceptors (Lipinski definition) is 4. The van der Waals surface area contributed by atoms with Gasteiger partial charge in [-0.2, -0.15) is 19.0 Å². The number of hydrogen-bond donors (Lipinski definition) is 0. The van der Waals surface area contributed by atoms with Crippen LogP contribution in [-0.2, 0) is 13.5 Å². The number of aryl methyl sites for hydroxylation is 2. The second kappa shape index (κ2) is 7.06. The Labute approximate surface area is 160 Å². The molecular formula is C19H19F2N5O2. The van der Waals surface area contributed by atoms with Crippen LogP contribution in [0.3, 0.4) is 0 Å².